The van der Waals surface area contributed by atoms with Gasteiger partial charge in [0.15, 0.2) is 0 Å². The second-order valence-corrected chi connectivity index (χ2v) is 7.41. The van der Waals surface area contributed by atoms with Crippen molar-refractivity contribution in [1.82, 2.24) is 0 Å². The first-order valence-electron chi connectivity index (χ1n) is 7.33. The zero-order valence-corrected chi connectivity index (χ0v) is 12.3. The molecule has 0 saturated heterocycles. The molecule has 0 radical (unpaired) electrons. The number of esters is 1. The molecule has 0 aromatic heterocycles. The van der Waals surface area contributed by atoms with E-state index in [9.17, 15) is 14.7 Å². The number of hydrogen-bond acceptors (Lipinski definition) is 4. The van der Waals surface area contributed by atoms with Crippen molar-refractivity contribution in [2.75, 3.05) is 0 Å². The molecule has 3 aliphatic rings. The predicted octanol–water partition coefficient (Wildman–Crippen LogP) is 2.00. The average molecular weight is 278 g/mol. The molecule has 0 aromatic carbocycles. The Labute approximate surface area is 119 Å². The first-order valence-corrected chi connectivity index (χ1v) is 7.33. The second kappa shape index (κ2) is 3.94. The maximum absolute atomic E-state index is 12.2. The highest BCUT2D eigenvalue weighted by Gasteiger charge is 2.65. The minimum Gasteiger partial charge on any atom is -0.451 e. The van der Waals surface area contributed by atoms with Gasteiger partial charge in [-0.15, -0.1) is 0 Å². The number of ether oxygens (including phenoxy) is 1. The van der Waals surface area contributed by atoms with Crippen molar-refractivity contribution in [2.24, 2.45) is 16.7 Å². The molecule has 2 fully saturated rings. The van der Waals surface area contributed by atoms with Crippen LogP contribution in [0.3, 0.4) is 0 Å². The van der Waals surface area contributed by atoms with Crippen LogP contribution in [-0.2, 0) is 14.3 Å². The Morgan fingerprint density at radius 3 is 2.60 bits per heavy atom. The molecule has 0 unspecified atom stereocenters. The number of aliphatic hydroxyl groups is 1. The van der Waals surface area contributed by atoms with Gasteiger partial charge in [-0.3, -0.25) is 4.79 Å². The number of aliphatic hydroxyl groups excluding tert-OH is 1. The van der Waals surface area contributed by atoms with Crippen LogP contribution in [0, 0.1) is 16.7 Å². The van der Waals surface area contributed by atoms with E-state index in [1.165, 1.54) is 6.08 Å². The number of fused-ring (bicyclic) bond motifs is 2. The maximum Gasteiger partial charge on any atom is 0.331 e. The van der Waals surface area contributed by atoms with Gasteiger partial charge in [0.1, 0.15) is 11.4 Å². The van der Waals surface area contributed by atoms with Crippen LogP contribution in [0.15, 0.2) is 12.2 Å². The predicted molar refractivity (Wildman–Crippen MR) is 72.8 cm³/mol. The molecule has 4 heteroatoms. The normalized spacial score (nSPS) is 46.4. The Hall–Kier alpha value is -1.16. The van der Waals surface area contributed by atoms with Gasteiger partial charge < -0.3 is 9.84 Å². The first kappa shape index (κ1) is 13.8. The Balaban J connectivity index is 2.09. The summed E-state index contributed by atoms with van der Waals surface area (Å²) in [5.74, 6) is -0.215. The molecule has 20 heavy (non-hydrogen) atoms. The van der Waals surface area contributed by atoms with Gasteiger partial charge >= 0.3 is 5.97 Å². The van der Waals surface area contributed by atoms with E-state index in [2.05, 4.69) is 6.92 Å². The van der Waals surface area contributed by atoms with Crippen LogP contribution < -0.4 is 0 Å². The standard InChI is InChI=1S/C16H22O4/c1-14(2)11-8-10(17)9-16(7-5-13(19)20-16)15(11,3)6-4-12(14)18/h5,7,11-12,18H,4,6,8-9H2,1-3H3/t11-,12-,15-,16+/m0/s1. The number of rotatable bonds is 0. The number of carbonyl (C=O) groups is 2. The van der Waals surface area contributed by atoms with Gasteiger partial charge in [-0.2, -0.15) is 0 Å². The number of ketones is 1. The maximum atomic E-state index is 12.2. The van der Waals surface area contributed by atoms with E-state index >= 15 is 0 Å². The summed E-state index contributed by atoms with van der Waals surface area (Å²) in [6, 6.07) is 0. The fourth-order valence-electron chi connectivity index (χ4n) is 4.68. The molecule has 110 valence electrons. The third-order valence-electron chi connectivity index (χ3n) is 6.09. The molecule has 1 N–H and O–H groups in total. The van der Waals surface area contributed by atoms with Crippen LogP contribution in [0.4, 0.5) is 0 Å². The van der Waals surface area contributed by atoms with Gasteiger partial charge in [-0.25, -0.2) is 4.79 Å². The molecule has 2 saturated carbocycles. The zero-order chi connectivity index (χ0) is 14.8. The third-order valence-corrected chi connectivity index (χ3v) is 6.09. The zero-order valence-electron chi connectivity index (χ0n) is 12.3. The van der Waals surface area contributed by atoms with Crippen molar-refractivity contribution in [3.05, 3.63) is 12.2 Å². The van der Waals surface area contributed by atoms with Crippen LogP contribution in [0.1, 0.15) is 46.5 Å². The Morgan fingerprint density at radius 2 is 2.00 bits per heavy atom. The summed E-state index contributed by atoms with van der Waals surface area (Å²) in [6.07, 6.45) is 5.01. The smallest absolute Gasteiger partial charge is 0.331 e. The lowest BCUT2D eigenvalue weighted by Gasteiger charge is -2.60. The van der Waals surface area contributed by atoms with E-state index in [0.29, 0.717) is 12.8 Å². The van der Waals surface area contributed by atoms with E-state index in [1.807, 2.05) is 13.8 Å². The van der Waals surface area contributed by atoms with Crippen molar-refractivity contribution < 1.29 is 19.4 Å². The lowest BCUT2D eigenvalue weighted by Crippen LogP contribution is -2.63. The van der Waals surface area contributed by atoms with E-state index in [4.69, 9.17) is 4.74 Å². The topological polar surface area (TPSA) is 63.6 Å². The Morgan fingerprint density at radius 1 is 1.30 bits per heavy atom. The molecule has 4 atom stereocenters. The van der Waals surface area contributed by atoms with Crippen LogP contribution >= 0.6 is 0 Å². The SMILES string of the molecule is CC1(C)[C@@H](O)CC[C@@]2(C)[C@H]1CC(=O)C[C@]21C=CC(=O)O1. The summed E-state index contributed by atoms with van der Waals surface area (Å²) in [4.78, 5) is 23.8. The molecule has 0 bridgehead atoms. The minimum absolute atomic E-state index is 0.0237. The Bertz CT molecular complexity index is 507. The first-order chi connectivity index (χ1) is 9.21. The lowest BCUT2D eigenvalue weighted by atomic mass is 9.46. The van der Waals surface area contributed by atoms with Crippen molar-refractivity contribution in [3.8, 4) is 0 Å². The monoisotopic (exact) mass is 278 g/mol. The van der Waals surface area contributed by atoms with Crippen molar-refractivity contribution >= 4 is 11.8 Å². The minimum atomic E-state index is -0.804. The largest absolute Gasteiger partial charge is 0.451 e. The van der Waals surface area contributed by atoms with Crippen LogP contribution in [-0.4, -0.2) is 28.6 Å². The van der Waals surface area contributed by atoms with Crippen molar-refractivity contribution in [2.45, 2.75) is 58.2 Å². The molecule has 1 aliphatic heterocycles. The summed E-state index contributed by atoms with van der Waals surface area (Å²) < 4.78 is 5.61. The third kappa shape index (κ3) is 1.57. The average Bonchev–Trinajstić information content (AvgIpc) is 2.72. The number of carbonyl (C=O) groups excluding carboxylic acids is 2. The van der Waals surface area contributed by atoms with Gasteiger partial charge in [0.2, 0.25) is 0 Å². The van der Waals surface area contributed by atoms with Crippen LogP contribution in [0.5, 0.6) is 0 Å². The quantitative estimate of drug-likeness (QED) is 0.688. The number of Topliss-reactive ketones (excluding diaryl/α,β-unsaturated/α-hetero) is 1. The van der Waals surface area contributed by atoms with E-state index in [-0.39, 0.29) is 34.9 Å². The molecule has 1 spiro atoms. The van der Waals surface area contributed by atoms with Gasteiger partial charge in [0, 0.05) is 17.9 Å². The molecule has 0 aromatic rings. The molecular weight excluding hydrogens is 256 g/mol. The van der Waals surface area contributed by atoms with Gasteiger partial charge in [0.05, 0.1) is 12.5 Å². The van der Waals surface area contributed by atoms with Gasteiger partial charge in [0.25, 0.3) is 0 Å². The summed E-state index contributed by atoms with van der Waals surface area (Å²) in [7, 11) is 0. The second-order valence-electron chi connectivity index (χ2n) is 7.41. The molecule has 2 aliphatic carbocycles. The molecular formula is C16H22O4. The summed E-state index contributed by atoms with van der Waals surface area (Å²) in [5.41, 5.74) is -1.44. The van der Waals surface area contributed by atoms with E-state index in [1.54, 1.807) is 6.08 Å². The highest BCUT2D eigenvalue weighted by molar-refractivity contribution is 5.89. The molecule has 4 nitrogen and oxygen atoms in total. The Kier molecular flexibility index (Phi) is 2.72. The van der Waals surface area contributed by atoms with Gasteiger partial charge in [-0.1, -0.05) is 20.8 Å². The fraction of sp³-hybridized carbons (Fsp3) is 0.750. The van der Waals surface area contributed by atoms with Crippen LogP contribution in [0.25, 0.3) is 0 Å². The summed E-state index contributed by atoms with van der Waals surface area (Å²) >= 11 is 0. The van der Waals surface area contributed by atoms with Gasteiger partial charge in [-0.05, 0) is 30.3 Å². The van der Waals surface area contributed by atoms with Crippen molar-refractivity contribution in [1.29, 1.82) is 0 Å². The van der Waals surface area contributed by atoms with E-state index < -0.39 is 11.7 Å². The highest BCUT2D eigenvalue weighted by Crippen LogP contribution is 2.62. The number of hydrogen-bond donors (Lipinski definition) is 1. The lowest BCUT2D eigenvalue weighted by molar-refractivity contribution is -0.202. The fourth-order valence-corrected chi connectivity index (χ4v) is 4.68. The molecule has 0 amide bonds. The van der Waals surface area contributed by atoms with Crippen LogP contribution in [0.2, 0.25) is 0 Å². The van der Waals surface area contributed by atoms with E-state index in [0.717, 1.165) is 6.42 Å². The molecule has 1 heterocycles. The highest BCUT2D eigenvalue weighted by atomic mass is 16.6. The summed E-state index contributed by atoms with van der Waals surface area (Å²) in [5, 5.41) is 10.3. The molecule has 3 rings (SSSR count). The van der Waals surface area contributed by atoms with Crippen molar-refractivity contribution in [3.63, 3.8) is 0 Å². The summed E-state index contributed by atoms with van der Waals surface area (Å²) in [6.45, 7) is 6.15.